The molecule has 0 radical (unpaired) electrons. The maximum Gasteiger partial charge on any atom is 0.317 e. The first kappa shape index (κ1) is 11.3. The maximum absolute atomic E-state index is 11.6. The third-order valence-electron chi connectivity index (χ3n) is 2.65. The van der Waals surface area contributed by atoms with Gasteiger partial charge in [-0.25, -0.2) is 4.79 Å². The summed E-state index contributed by atoms with van der Waals surface area (Å²) in [6.45, 7) is 4.17. The molecule has 1 aliphatic heterocycles. The van der Waals surface area contributed by atoms with Crippen LogP contribution in [0, 0.1) is 0 Å². The van der Waals surface area contributed by atoms with Gasteiger partial charge in [0.05, 0.1) is 6.61 Å². The Kier molecular flexibility index (Phi) is 4.73. The molecule has 1 atom stereocenters. The molecule has 1 saturated heterocycles. The fraction of sp³-hybridized carbons (Fsp3) is 0.900. The van der Waals surface area contributed by atoms with Crippen LogP contribution < -0.4 is 5.32 Å². The molecule has 1 heterocycles. The summed E-state index contributed by atoms with van der Waals surface area (Å²) in [6.07, 6.45) is 3.49. The lowest BCUT2D eigenvalue weighted by atomic mass is 10.0. The van der Waals surface area contributed by atoms with E-state index >= 15 is 0 Å². The molecule has 1 fully saturated rings. The molecule has 1 aliphatic rings. The Hall–Kier alpha value is -0.770. The first-order chi connectivity index (χ1) is 6.75. The molecule has 14 heavy (non-hydrogen) atoms. The van der Waals surface area contributed by atoms with Crippen molar-refractivity contribution in [2.75, 3.05) is 26.8 Å². The molecule has 1 N–H and O–H groups in total. The topological polar surface area (TPSA) is 41.6 Å². The number of urea groups is 1. The summed E-state index contributed by atoms with van der Waals surface area (Å²) in [5.41, 5.74) is 0. The quantitative estimate of drug-likeness (QED) is 0.696. The third-order valence-corrected chi connectivity index (χ3v) is 2.65. The normalized spacial score (nSPS) is 22.1. The molecular formula is C10H20N2O2. The van der Waals surface area contributed by atoms with Gasteiger partial charge in [-0.2, -0.15) is 0 Å². The number of methoxy groups -OCH3 is 1. The standard InChI is InChI=1S/C10H20N2O2/c1-9-5-3-4-7-12(9)10(13)11-6-8-14-2/h9H,3-8H2,1-2H3,(H,11,13). The van der Waals surface area contributed by atoms with Crippen LogP contribution in [0.5, 0.6) is 0 Å². The minimum Gasteiger partial charge on any atom is -0.383 e. The van der Waals surface area contributed by atoms with Gasteiger partial charge in [-0.05, 0) is 26.2 Å². The number of amides is 2. The van der Waals surface area contributed by atoms with Gasteiger partial charge in [-0.15, -0.1) is 0 Å². The second-order valence-electron chi connectivity index (χ2n) is 3.76. The maximum atomic E-state index is 11.6. The first-order valence-electron chi connectivity index (χ1n) is 5.29. The summed E-state index contributed by atoms with van der Waals surface area (Å²) in [7, 11) is 1.63. The van der Waals surface area contributed by atoms with Gasteiger partial charge in [-0.3, -0.25) is 0 Å². The van der Waals surface area contributed by atoms with Crippen LogP contribution in [0.15, 0.2) is 0 Å². The van der Waals surface area contributed by atoms with E-state index in [0.717, 1.165) is 19.4 Å². The van der Waals surface area contributed by atoms with Crippen LogP contribution in [0.1, 0.15) is 26.2 Å². The zero-order valence-corrected chi connectivity index (χ0v) is 9.08. The fourth-order valence-corrected chi connectivity index (χ4v) is 1.76. The fourth-order valence-electron chi connectivity index (χ4n) is 1.76. The Morgan fingerprint density at radius 1 is 1.57 bits per heavy atom. The van der Waals surface area contributed by atoms with E-state index in [1.165, 1.54) is 6.42 Å². The lowest BCUT2D eigenvalue weighted by Gasteiger charge is -2.33. The third kappa shape index (κ3) is 3.18. The van der Waals surface area contributed by atoms with E-state index < -0.39 is 0 Å². The molecule has 0 aromatic heterocycles. The number of likely N-dealkylation sites (tertiary alicyclic amines) is 1. The zero-order chi connectivity index (χ0) is 10.4. The molecular weight excluding hydrogens is 180 g/mol. The number of ether oxygens (including phenoxy) is 1. The first-order valence-corrected chi connectivity index (χ1v) is 5.29. The Labute approximate surface area is 85.6 Å². The van der Waals surface area contributed by atoms with Crippen LogP contribution in [-0.4, -0.2) is 43.8 Å². The van der Waals surface area contributed by atoms with Crippen molar-refractivity contribution < 1.29 is 9.53 Å². The van der Waals surface area contributed by atoms with Gasteiger partial charge in [-0.1, -0.05) is 0 Å². The van der Waals surface area contributed by atoms with Crippen molar-refractivity contribution in [1.29, 1.82) is 0 Å². The highest BCUT2D eigenvalue weighted by Crippen LogP contribution is 2.15. The largest absolute Gasteiger partial charge is 0.383 e. The van der Waals surface area contributed by atoms with Gasteiger partial charge in [0.15, 0.2) is 0 Å². The van der Waals surface area contributed by atoms with E-state index in [1.54, 1.807) is 7.11 Å². The molecule has 0 bridgehead atoms. The van der Waals surface area contributed by atoms with Gasteiger partial charge in [0, 0.05) is 26.2 Å². The summed E-state index contributed by atoms with van der Waals surface area (Å²) in [5.74, 6) is 0. The summed E-state index contributed by atoms with van der Waals surface area (Å²) < 4.78 is 4.87. The van der Waals surface area contributed by atoms with E-state index in [0.29, 0.717) is 19.2 Å². The number of piperidine rings is 1. The van der Waals surface area contributed by atoms with E-state index in [2.05, 4.69) is 12.2 Å². The van der Waals surface area contributed by atoms with E-state index in [4.69, 9.17) is 4.74 Å². The summed E-state index contributed by atoms with van der Waals surface area (Å²) in [4.78, 5) is 13.6. The van der Waals surface area contributed by atoms with E-state index in [-0.39, 0.29) is 6.03 Å². The number of hydrogen-bond donors (Lipinski definition) is 1. The smallest absolute Gasteiger partial charge is 0.317 e. The molecule has 1 rings (SSSR count). The second-order valence-corrected chi connectivity index (χ2v) is 3.76. The highest BCUT2D eigenvalue weighted by atomic mass is 16.5. The number of nitrogens with zero attached hydrogens (tertiary/aromatic N) is 1. The van der Waals surface area contributed by atoms with Crippen molar-refractivity contribution in [2.24, 2.45) is 0 Å². The van der Waals surface area contributed by atoms with Crippen LogP contribution in [0.3, 0.4) is 0 Å². The van der Waals surface area contributed by atoms with Crippen LogP contribution in [0.4, 0.5) is 4.79 Å². The highest BCUT2D eigenvalue weighted by Gasteiger charge is 2.22. The highest BCUT2D eigenvalue weighted by molar-refractivity contribution is 5.74. The number of carbonyl (C=O) groups excluding carboxylic acids is 1. The Morgan fingerprint density at radius 3 is 3.00 bits per heavy atom. The van der Waals surface area contributed by atoms with Crippen molar-refractivity contribution in [3.05, 3.63) is 0 Å². The second kappa shape index (κ2) is 5.86. The Morgan fingerprint density at radius 2 is 2.36 bits per heavy atom. The molecule has 4 heteroatoms. The number of nitrogens with one attached hydrogen (secondary N) is 1. The molecule has 4 nitrogen and oxygen atoms in total. The van der Waals surface area contributed by atoms with Crippen LogP contribution in [0.2, 0.25) is 0 Å². The Balaban J connectivity index is 2.27. The molecule has 0 spiro atoms. The van der Waals surface area contributed by atoms with E-state index in [9.17, 15) is 4.79 Å². The number of rotatable bonds is 3. The van der Waals surface area contributed by atoms with Gasteiger partial charge in [0.2, 0.25) is 0 Å². The van der Waals surface area contributed by atoms with Gasteiger partial charge in [0.25, 0.3) is 0 Å². The van der Waals surface area contributed by atoms with Crippen molar-refractivity contribution in [3.8, 4) is 0 Å². The van der Waals surface area contributed by atoms with Crippen LogP contribution in [0.25, 0.3) is 0 Å². The van der Waals surface area contributed by atoms with Crippen molar-refractivity contribution in [2.45, 2.75) is 32.2 Å². The molecule has 0 aromatic carbocycles. The van der Waals surface area contributed by atoms with Crippen molar-refractivity contribution in [1.82, 2.24) is 10.2 Å². The van der Waals surface area contributed by atoms with Crippen LogP contribution in [-0.2, 0) is 4.74 Å². The predicted molar refractivity (Wildman–Crippen MR) is 55.3 cm³/mol. The summed E-state index contributed by atoms with van der Waals surface area (Å²) in [5, 5.41) is 2.85. The average Bonchev–Trinajstić information content (AvgIpc) is 2.18. The van der Waals surface area contributed by atoms with Gasteiger partial charge in [0.1, 0.15) is 0 Å². The SMILES string of the molecule is COCCNC(=O)N1CCCCC1C. The van der Waals surface area contributed by atoms with Crippen LogP contribution >= 0.6 is 0 Å². The average molecular weight is 200 g/mol. The van der Waals surface area contributed by atoms with Crippen molar-refractivity contribution >= 4 is 6.03 Å². The molecule has 0 aromatic rings. The molecule has 1 unspecified atom stereocenters. The minimum atomic E-state index is 0.0502. The lowest BCUT2D eigenvalue weighted by molar-refractivity contribution is 0.151. The Bertz CT molecular complexity index is 185. The van der Waals surface area contributed by atoms with Gasteiger partial charge >= 0.3 is 6.03 Å². The number of carbonyl (C=O) groups is 1. The number of hydrogen-bond acceptors (Lipinski definition) is 2. The minimum absolute atomic E-state index is 0.0502. The molecule has 2 amide bonds. The molecule has 82 valence electrons. The lowest BCUT2D eigenvalue weighted by Crippen LogP contribution is -2.48. The summed E-state index contributed by atoms with van der Waals surface area (Å²) in [6, 6.07) is 0.431. The predicted octanol–water partition coefficient (Wildman–Crippen LogP) is 1.22. The van der Waals surface area contributed by atoms with E-state index in [1.807, 2.05) is 4.90 Å². The monoisotopic (exact) mass is 200 g/mol. The summed E-state index contributed by atoms with van der Waals surface area (Å²) >= 11 is 0. The van der Waals surface area contributed by atoms with Crippen molar-refractivity contribution in [3.63, 3.8) is 0 Å². The van der Waals surface area contributed by atoms with Gasteiger partial charge < -0.3 is 15.0 Å². The molecule has 0 aliphatic carbocycles. The molecule has 0 saturated carbocycles. The zero-order valence-electron chi connectivity index (χ0n) is 9.08.